The monoisotopic (exact) mass is 316 g/mol. The van der Waals surface area contributed by atoms with Gasteiger partial charge in [0.1, 0.15) is 0 Å². The van der Waals surface area contributed by atoms with Gasteiger partial charge in [-0.05, 0) is 24.1 Å². The summed E-state index contributed by atoms with van der Waals surface area (Å²) in [5.41, 5.74) is 2.83. The van der Waals surface area contributed by atoms with Crippen LogP contribution in [0.5, 0.6) is 0 Å². The van der Waals surface area contributed by atoms with E-state index in [1.807, 2.05) is 19.1 Å². The van der Waals surface area contributed by atoms with Crippen LogP contribution < -0.4 is 5.69 Å². The minimum absolute atomic E-state index is 0.0216. The maximum absolute atomic E-state index is 11.8. The second kappa shape index (κ2) is 4.50. The van der Waals surface area contributed by atoms with Crippen molar-refractivity contribution < 1.29 is 0 Å². The lowest BCUT2D eigenvalue weighted by Gasteiger charge is -2.10. The third kappa shape index (κ3) is 1.93. The Labute approximate surface area is 113 Å². The maximum Gasteiger partial charge on any atom is 0.328 e. The Bertz CT molecular complexity index is 629. The molecule has 0 saturated heterocycles. The molecule has 3 nitrogen and oxygen atoms in total. The van der Waals surface area contributed by atoms with E-state index in [0.717, 1.165) is 27.5 Å². The molecule has 2 aromatic rings. The van der Waals surface area contributed by atoms with Crippen LogP contribution in [0.2, 0.25) is 0 Å². The highest BCUT2D eigenvalue weighted by atomic mass is 79.9. The summed E-state index contributed by atoms with van der Waals surface area (Å²) in [7, 11) is 3.55. The summed E-state index contributed by atoms with van der Waals surface area (Å²) in [4.78, 5) is 11.8. The van der Waals surface area contributed by atoms with E-state index in [4.69, 9.17) is 11.6 Å². The predicted octanol–water partition coefficient (Wildman–Crippen LogP) is 3.33. The summed E-state index contributed by atoms with van der Waals surface area (Å²) in [5.74, 6) is 0. The lowest BCUT2D eigenvalue weighted by molar-refractivity contribution is 0.795. The van der Waals surface area contributed by atoms with E-state index in [1.54, 1.807) is 23.2 Å². The van der Waals surface area contributed by atoms with Crippen LogP contribution >= 0.6 is 27.5 Å². The van der Waals surface area contributed by atoms with Gasteiger partial charge in [-0.25, -0.2) is 4.79 Å². The Hall–Kier alpha value is -0.740. The number of imidazole rings is 1. The van der Waals surface area contributed by atoms with Crippen LogP contribution in [-0.2, 0) is 14.1 Å². The van der Waals surface area contributed by atoms with Gasteiger partial charge in [0.25, 0.3) is 0 Å². The van der Waals surface area contributed by atoms with Gasteiger partial charge in [0, 0.05) is 18.6 Å². The van der Waals surface area contributed by atoms with Gasteiger partial charge in [-0.3, -0.25) is 9.13 Å². The van der Waals surface area contributed by atoms with E-state index in [9.17, 15) is 4.79 Å². The van der Waals surface area contributed by atoms with E-state index in [2.05, 4.69) is 15.9 Å². The molecule has 1 atom stereocenters. The number of hydrogen-bond acceptors (Lipinski definition) is 1. The first-order chi connectivity index (χ1) is 7.97. The summed E-state index contributed by atoms with van der Waals surface area (Å²) in [5, 5.41) is -0.0379. The van der Waals surface area contributed by atoms with Gasteiger partial charge in [-0.2, -0.15) is 0 Å². The summed E-state index contributed by atoms with van der Waals surface area (Å²) >= 11 is 9.79. The number of halogens is 2. The number of hydrogen-bond donors (Lipinski definition) is 0. The standard InChI is InChI=1S/C12H14BrClN2O/c1-4-9(14)7-5-10-11(6-8(7)13)16(3)12(17)15(10)2/h5-6,9H,4H2,1-3H3. The third-order valence-electron chi connectivity index (χ3n) is 3.09. The molecule has 0 spiro atoms. The van der Waals surface area contributed by atoms with Crippen molar-refractivity contribution in [3.05, 3.63) is 32.7 Å². The quantitative estimate of drug-likeness (QED) is 0.781. The van der Waals surface area contributed by atoms with E-state index in [1.165, 1.54) is 0 Å². The van der Waals surface area contributed by atoms with Crippen LogP contribution in [0.15, 0.2) is 21.4 Å². The fraction of sp³-hybridized carbons (Fsp3) is 0.417. The molecule has 1 heterocycles. The van der Waals surface area contributed by atoms with Crippen molar-refractivity contribution >= 4 is 38.6 Å². The molecule has 0 saturated carbocycles. The number of rotatable bonds is 2. The molecule has 92 valence electrons. The Morgan fingerprint density at radius 2 is 1.82 bits per heavy atom. The first-order valence-electron chi connectivity index (χ1n) is 5.46. The normalized spacial score (nSPS) is 13.2. The Morgan fingerprint density at radius 3 is 2.35 bits per heavy atom. The number of nitrogens with zero attached hydrogens (tertiary/aromatic N) is 2. The van der Waals surface area contributed by atoms with Crippen molar-refractivity contribution in [3.63, 3.8) is 0 Å². The minimum atomic E-state index is -0.0379. The largest absolute Gasteiger partial charge is 0.328 e. The average molecular weight is 318 g/mol. The summed E-state index contributed by atoms with van der Waals surface area (Å²) in [6.45, 7) is 2.04. The van der Waals surface area contributed by atoms with Crippen LogP contribution in [0.4, 0.5) is 0 Å². The molecule has 1 aromatic heterocycles. The maximum atomic E-state index is 11.8. The molecule has 17 heavy (non-hydrogen) atoms. The molecule has 5 heteroatoms. The van der Waals surface area contributed by atoms with Gasteiger partial charge < -0.3 is 0 Å². The van der Waals surface area contributed by atoms with Gasteiger partial charge in [0.15, 0.2) is 0 Å². The van der Waals surface area contributed by atoms with Gasteiger partial charge in [0.2, 0.25) is 0 Å². The summed E-state index contributed by atoms with van der Waals surface area (Å²) in [6, 6.07) is 3.94. The summed E-state index contributed by atoms with van der Waals surface area (Å²) < 4.78 is 4.23. The summed E-state index contributed by atoms with van der Waals surface area (Å²) in [6.07, 6.45) is 0.854. The average Bonchev–Trinajstić information content (AvgIpc) is 2.53. The van der Waals surface area contributed by atoms with Crippen LogP contribution in [-0.4, -0.2) is 9.13 Å². The fourth-order valence-corrected chi connectivity index (χ4v) is 2.92. The fourth-order valence-electron chi connectivity index (χ4n) is 2.00. The number of aromatic nitrogens is 2. The van der Waals surface area contributed by atoms with E-state index < -0.39 is 0 Å². The Morgan fingerprint density at radius 1 is 1.29 bits per heavy atom. The molecular weight excluding hydrogens is 304 g/mol. The highest BCUT2D eigenvalue weighted by Crippen LogP contribution is 2.33. The Kier molecular flexibility index (Phi) is 3.36. The highest BCUT2D eigenvalue weighted by molar-refractivity contribution is 9.10. The zero-order chi connectivity index (χ0) is 12.7. The zero-order valence-corrected chi connectivity index (χ0v) is 12.3. The first kappa shape index (κ1) is 12.7. The van der Waals surface area contributed by atoms with Gasteiger partial charge in [0.05, 0.1) is 16.4 Å². The molecule has 1 aromatic carbocycles. The molecule has 0 fully saturated rings. The Balaban J connectivity index is 2.81. The van der Waals surface area contributed by atoms with Crippen molar-refractivity contribution in [1.82, 2.24) is 9.13 Å². The van der Waals surface area contributed by atoms with Crippen LogP contribution in [0.1, 0.15) is 24.3 Å². The van der Waals surface area contributed by atoms with Crippen molar-refractivity contribution in [2.45, 2.75) is 18.7 Å². The highest BCUT2D eigenvalue weighted by Gasteiger charge is 2.15. The van der Waals surface area contributed by atoms with Gasteiger partial charge >= 0.3 is 5.69 Å². The number of aryl methyl sites for hydroxylation is 2. The first-order valence-corrected chi connectivity index (χ1v) is 6.69. The zero-order valence-electron chi connectivity index (χ0n) is 10.00. The van der Waals surface area contributed by atoms with Crippen LogP contribution in [0.3, 0.4) is 0 Å². The van der Waals surface area contributed by atoms with E-state index in [-0.39, 0.29) is 11.1 Å². The lowest BCUT2D eigenvalue weighted by Crippen LogP contribution is -2.19. The van der Waals surface area contributed by atoms with E-state index in [0.29, 0.717) is 0 Å². The number of fused-ring (bicyclic) bond motifs is 1. The SMILES string of the molecule is CCC(Cl)c1cc2c(cc1Br)n(C)c(=O)n2C. The number of benzene rings is 1. The van der Waals surface area contributed by atoms with Crippen molar-refractivity contribution in [1.29, 1.82) is 0 Å². The molecule has 0 aliphatic carbocycles. The van der Waals surface area contributed by atoms with E-state index >= 15 is 0 Å². The second-order valence-electron chi connectivity index (χ2n) is 4.14. The lowest BCUT2D eigenvalue weighted by atomic mass is 10.1. The van der Waals surface area contributed by atoms with Crippen molar-refractivity contribution in [2.24, 2.45) is 14.1 Å². The van der Waals surface area contributed by atoms with Gasteiger partial charge in [-0.15, -0.1) is 11.6 Å². The number of alkyl halides is 1. The molecule has 0 aliphatic heterocycles. The van der Waals surface area contributed by atoms with Crippen molar-refractivity contribution in [2.75, 3.05) is 0 Å². The molecule has 0 radical (unpaired) electrons. The van der Waals surface area contributed by atoms with Crippen molar-refractivity contribution in [3.8, 4) is 0 Å². The molecule has 0 bridgehead atoms. The topological polar surface area (TPSA) is 26.9 Å². The smallest absolute Gasteiger partial charge is 0.295 e. The molecular formula is C12H14BrClN2O. The molecule has 0 N–H and O–H groups in total. The molecule has 2 rings (SSSR count). The predicted molar refractivity (Wildman–Crippen MR) is 74.7 cm³/mol. The van der Waals surface area contributed by atoms with Crippen LogP contribution in [0, 0.1) is 0 Å². The molecule has 0 amide bonds. The van der Waals surface area contributed by atoms with Crippen LogP contribution in [0.25, 0.3) is 11.0 Å². The second-order valence-corrected chi connectivity index (χ2v) is 5.52. The molecule has 1 unspecified atom stereocenters. The minimum Gasteiger partial charge on any atom is -0.295 e. The molecule has 0 aliphatic rings. The van der Waals surface area contributed by atoms with Gasteiger partial charge in [-0.1, -0.05) is 22.9 Å². The third-order valence-corrected chi connectivity index (χ3v) is 4.32.